The number of phenolic OH excluding ortho intramolecular Hbond substituents is 2. The smallest absolute Gasteiger partial charge is 0.128 e. The van der Waals surface area contributed by atoms with E-state index in [1.807, 2.05) is 18.5 Å². The van der Waals surface area contributed by atoms with Crippen LogP contribution in [0.4, 0.5) is 0 Å². The number of hydrogen-bond acceptors (Lipinski definition) is 4. The van der Waals surface area contributed by atoms with Gasteiger partial charge in [-0.05, 0) is 85.0 Å². The largest absolute Gasteiger partial charge is 0.507 e. The van der Waals surface area contributed by atoms with Gasteiger partial charge in [-0.3, -0.25) is 9.98 Å². The van der Waals surface area contributed by atoms with Crippen molar-refractivity contribution in [2.75, 3.05) is 0 Å². The Labute approximate surface area is 250 Å². The van der Waals surface area contributed by atoms with E-state index in [0.717, 1.165) is 79.2 Å². The van der Waals surface area contributed by atoms with Gasteiger partial charge in [-0.25, -0.2) is 0 Å². The minimum atomic E-state index is -0.0914. The van der Waals surface area contributed by atoms with Crippen LogP contribution in [-0.4, -0.2) is 34.7 Å². The molecular formula is C37H56N2O2. The molecule has 0 spiro atoms. The molecule has 0 aromatic heterocycles. The Kier molecular flexibility index (Phi) is 10.5. The van der Waals surface area contributed by atoms with E-state index in [1.165, 1.54) is 5.56 Å². The summed E-state index contributed by atoms with van der Waals surface area (Å²) in [7, 11) is 0. The molecule has 1 aliphatic carbocycles. The summed E-state index contributed by atoms with van der Waals surface area (Å²) >= 11 is 0. The fourth-order valence-electron chi connectivity index (χ4n) is 6.07. The first-order valence-electron chi connectivity index (χ1n) is 16.0. The van der Waals surface area contributed by atoms with Gasteiger partial charge < -0.3 is 10.2 Å². The number of aliphatic imine (C=N–C) groups is 2. The van der Waals surface area contributed by atoms with Gasteiger partial charge in [0, 0.05) is 34.7 Å². The lowest BCUT2D eigenvalue weighted by molar-refractivity contribution is 0.388. The maximum absolute atomic E-state index is 11.5. The molecule has 4 nitrogen and oxygen atoms in total. The Hall–Kier alpha value is -2.62. The Morgan fingerprint density at radius 1 is 0.683 bits per heavy atom. The second kappa shape index (κ2) is 13.1. The van der Waals surface area contributed by atoms with Gasteiger partial charge in [0.1, 0.15) is 11.5 Å². The van der Waals surface area contributed by atoms with E-state index in [1.54, 1.807) is 0 Å². The molecule has 3 rings (SSSR count). The van der Waals surface area contributed by atoms with Crippen molar-refractivity contribution in [3.05, 3.63) is 57.6 Å². The summed E-state index contributed by atoms with van der Waals surface area (Å²) in [5.74, 6) is 0.712. The Balaban J connectivity index is 1.98. The Morgan fingerprint density at radius 3 is 1.51 bits per heavy atom. The molecule has 226 valence electrons. The van der Waals surface area contributed by atoms with E-state index in [-0.39, 0.29) is 28.3 Å². The Bertz CT molecular complexity index is 1240. The molecule has 2 unspecified atom stereocenters. The van der Waals surface area contributed by atoms with Gasteiger partial charge in [-0.2, -0.15) is 0 Å². The average molecular weight is 561 g/mol. The second-order valence-electron chi connectivity index (χ2n) is 14.0. The highest BCUT2D eigenvalue weighted by Crippen LogP contribution is 2.42. The number of aromatic hydroxyl groups is 2. The van der Waals surface area contributed by atoms with Gasteiger partial charge in [0.2, 0.25) is 0 Å². The number of rotatable bonds is 10. The van der Waals surface area contributed by atoms with Crippen molar-refractivity contribution in [3.63, 3.8) is 0 Å². The number of phenols is 2. The molecule has 2 aromatic rings. The molecule has 2 aromatic carbocycles. The van der Waals surface area contributed by atoms with Crippen molar-refractivity contribution in [2.24, 2.45) is 9.98 Å². The van der Waals surface area contributed by atoms with Crippen LogP contribution in [0.5, 0.6) is 11.5 Å². The topological polar surface area (TPSA) is 65.2 Å². The average Bonchev–Trinajstić information content (AvgIpc) is 2.95. The van der Waals surface area contributed by atoms with Crippen LogP contribution < -0.4 is 0 Å². The minimum Gasteiger partial charge on any atom is -0.507 e. The monoisotopic (exact) mass is 560 g/mol. The van der Waals surface area contributed by atoms with Crippen LogP contribution in [0, 0.1) is 6.92 Å². The van der Waals surface area contributed by atoms with Crippen molar-refractivity contribution in [2.45, 2.75) is 149 Å². The van der Waals surface area contributed by atoms with Gasteiger partial charge in [0.25, 0.3) is 0 Å². The molecule has 0 radical (unpaired) electrons. The predicted molar refractivity (Wildman–Crippen MR) is 177 cm³/mol. The highest BCUT2D eigenvalue weighted by molar-refractivity contribution is 5.86. The lowest BCUT2D eigenvalue weighted by Gasteiger charge is -2.31. The fourth-order valence-corrected chi connectivity index (χ4v) is 6.07. The maximum Gasteiger partial charge on any atom is 0.128 e. The minimum absolute atomic E-state index is 0.0363. The van der Waals surface area contributed by atoms with Crippen LogP contribution >= 0.6 is 0 Å². The summed E-state index contributed by atoms with van der Waals surface area (Å²) in [5, 5.41) is 22.7. The van der Waals surface area contributed by atoms with Crippen LogP contribution in [0.15, 0.2) is 34.3 Å². The molecule has 41 heavy (non-hydrogen) atoms. The van der Waals surface area contributed by atoms with Crippen molar-refractivity contribution in [1.29, 1.82) is 0 Å². The normalized spacial score (nSPS) is 19.0. The number of benzene rings is 2. The van der Waals surface area contributed by atoms with Gasteiger partial charge in [0.05, 0.1) is 12.1 Å². The summed E-state index contributed by atoms with van der Waals surface area (Å²) in [6.45, 7) is 22.0. The first-order valence-corrected chi connectivity index (χ1v) is 16.0. The summed E-state index contributed by atoms with van der Waals surface area (Å²) in [5.41, 5.74) is 5.79. The fraction of sp³-hybridized carbons (Fsp3) is 0.622. The highest BCUT2D eigenvalue weighted by atomic mass is 16.3. The molecule has 0 aliphatic heterocycles. The van der Waals surface area contributed by atoms with Crippen molar-refractivity contribution in [3.8, 4) is 11.5 Å². The molecule has 4 heteroatoms. The quantitative estimate of drug-likeness (QED) is 0.284. The summed E-state index contributed by atoms with van der Waals surface area (Å²) in [6, 6.07) is 8.58. The number of nitrogens with zero attached hydrogens (tertiary/aromatic N) is 2. The van der Waals surface area contributed by atoms with E-state index in [9.17, 15) is 10.2 Å². The third kappa shape index (κ3) is 7.24. The van der Waals surface area contributed by atoms with Crippen LogP contribution in [0.1, 0.15) is 147 Å². The van der Waals surface area contributed by atoms with Crippen molar-refractivity contribution < 1.29 is 10.2 Å². The Morgan fingerprint density at radius 2 is 1.10 bits per heavy atom. The van der Waals surface area contributed by atoms with Crippen LogP contribution in [0.2, 0.25) is 0 Å². The van der Waals surface area contributed by atoms with Crippen LogP contribution in [0.25, 0.3) is 0 Å². The summed E-state index contributed by atoms with van der Waals surface area (Å²) in [6.07, 6.45) is 11.8. The zero-order valence-corrected chi connectivity index (χ0v) is 27.6. The molecule has 0 saturated heterocycles. The summed E-state index contributed by atoms with van der Waals surface area (Å²) in [4.78, 5) is 10.1. The molecule has 1 fully saturated rings. The van der Waals surface area contributed by atoms with Crippen molar-refractivity contribution >= 4 is 12.4 Å². The van der Waals surface area contributed by atoms with E-state index in [2.05, 4.69) is 87.4 Å². The number of aryl methyl sites for hydroxylation is 1. The zero-order chi connectivity index (χ0) is 30.6. The third-order valence-electron chi connectivity index (χ3n) is 10.2. The van der Waals surface area contributed by atoms with Crippen LogP contribution in [-0.2, 0) is 16.2 Å². The summed E-state index contributed by atoms with van der Waals surface area (Å²) < 4.78 is 0. The number of hydrogen-bond donors (Lipinski definition) is 2. The maximum atomic E-state index is 11.5. The van der Waals surface area contributed by atoms with E-state index in [4.69, 9.17) is 9.98 Å². The van der Waals surface area contributed by atoms with E-state index < -0.39 is 0 Å². The molecule has 2 atom stereocenters. The van der Waals surface area contributed by atoms with E-state index >= 15 is 0 Å². The molecular weight excluding hydrogens is 504 g/mol. The molecule has 0 bridgehead atoms. The molecule has 2 N–H and O–H groups in total. The third-order valence-corrected chi connectivity index (χ3v) is 10.2. The molecule has 0 heterocycles. The second-order valence-corrected chi connectivity index (χ2v) is 14.0. The lowest BCUT2D eigenvalue weighted by atomic mass is 9.74. The first kappa shape index (κ1) is 32.9. The molecule has 1 saturated carbocycles. The van der Waals surface area contributed by atoms with Crippen molar-refractivity contribution in [1.82, 2.24) is 0 Å². The lowest BCUT2D eigenvalue weighted by Crippen LogP contribution is -2.27. The van der Waals surface area contributed by atoms with Crippen LogP contribution in [0.3, 0.4) is 0 Å². The molecule has 1 aliphatic rings. The first-order chi connectivity index (χ1) is 19.2. The van der Waals surface area contributed by atoms with Gasteiger partial charge in [-0.1, -0.05) is 87.3 Å². The predicted octanol–water partition coefficient (Wildman–Crippen LogP) is 9.71. The van der Waals surface area contributed by atoms with Gasteiger partial charge in [0.15, 0.2) is 0 Å². The van der Waals surface area contributed by atoms with Gasteiger partial charge >= 0.3 is 0 Å². The van der Waals surface area contributed by atoms with Gasteiger partial charge in [-0.15, -0.1) is 0 Å². The SMILES string of the molecule is CCC(C)(CC)c1cc(C)cc(C=NC2CCCCC2N=Cc2cc(C(C)(C)C)cc(C(C)(CC)CC)c2O)c1O. The van der Waals surface area contributed by atoms with E-state index in [0.29, 0.717) is 11.5 Å². The zero-order valence-electron chi connectivity index (χ0n) is 27.6. The highest BCUT2D eigenvalue weighted by Gasteiger charge is 2.30. The molecule has 0 amide bonds. The standard InChI is InChI=1S/C37H56N2O2/c1-11-36(9,12-2)29-20-25(5)19-26(33(29)40)23-38-31-17-15-16-18-32(31)39-24-27-21-28(35(6,7)8)22-30(34(27)41)37(10,13-3)14-4/h19-24,31-32,40-41H,11-18H2,1-10H3.